The van der Waals surface area contributed by atoms with E-state index in [4.69, 9.17) is 0 Å². The third-order valence-electron chi connectivity index (χ3n) is 5.86. The largest absolute Gasteiger partial charge is 0.481 e. The molecule has 4 atom stereocenters. The van der Waals surface area contributed by atoms with Gasteiger partial charge in [0.25, 0.3) is 0 Å². The van der Waals surface area contributed by atoms with Crippen molar-refractivity contribution in [3.8, 4) is 0 Å². The van der Waals surface area contributed by atoms with Gasteiger partial charge in [0.2, 0.25) is 5.91 Å². The molecule has 0 radical (unpaired) electrons. The lowest BCUT2D eigenvalue weighted by Gasteiger charge is -2.35. The van der Waals surface area contributed by atoms with Gasteiger partial charge in [0.05, 0.1) is 5.92 Å². The number of hydrogen-bond acceptors (Lipinski definition) is 2. The number of fused-ring (bicyclic) bond motifs is 1. The monoisotopic (exact) mass is 337 g/mol. The average Bonchev–Trinajstić information content (AvgIpc) is 3.40. The normalized spacial score (nSPS) is 28.8. The summed E-state index contributed by atoms with van der Waals surface area (Å²) < 4.78 is 0. The van der Waals surface area contributed by atoms with Crippen LogP contribution in [0.3, 0.4) is 0 Å². The summed E-state index contributed by atoms with van der Waals surface area (Å²) in [6.07, 6.45) is 1.47. The lowest BCUT2D eigenvalue weighted by Crippen LogP contribution is -2.45. The number of piperidine rings is 1. The lowest BCUT2D eigenvalue weighted by molar-refractivity contribution is -0.148. The molecule has 25 heavy (non-hydrogen) atoms. The summed E-state index contributed by atoms with van der Waals surface area (Å²) in [5.41, 5.74) is 1.27. The van der Waals surface area contributed by atoms with Crippen LogP contribution < -0.4 is 0 Å². The highest BCUT2D eigenvalue weighted by molar-refractivity contribution is 5.89. The Labute approximate surface area is 147 Å². The number of carboxylic acids is 1. The van der Waals surface area contributed by atoms with Crippen LogP contribution in [0.5, 0.6) is 0 Å². The van der Waals surface area contributed by atoms with E-state index in [-0.39, 0.29) is 23.7 Å². The molecule has 0 bridgehead atoms. The number of rotatable bonds is 3. The Bertz CT molecular complexity index is 826. The van der Waals surface area contributed by atoms with E-state index in [1.165, 1.54) is 16.3 Å². The van der Waals surface area contributed by atoms with Gasteiger partial charge in [-0.2, -0.15) is 0 Å². The number of hydrogen-bond donors (Lipinski definition) is 1. The molecule has 2 fully saturated rings. The molecule has 1 heterocycles. The van der Waals surface area contributed by atoms with E-state index in [1.54, 1.807) is 0 Å². The standard InChI is InChI=1S/C21H23NO3/c1-13-12-22(10-9-15(13)21(24)25)20(23)19-11-18(19)17-8-4-6-14-5-2-3-7-16(14)17/h2-8,13,15,18-19H,9-12H2,1H3,(H,24,25). The molecule has 2 aliphatic rings. The van der Waals surface area contributed by atoms with Crippen LogP contribution in [-0.4, -0.2) is 35.0 Å². The van der Waals surface area contributed by atoms with Crippen LogP contribution in [0.1, 0.15) is 31.2 Å². The lowest BCUT2D eigenvalue weighted by atomic mass is 9.87. The van der Waals surface area contributed by atoms with E-state index in [2.05, 4.69) is 30.3 Å². The van der Waals surface area contributed by atoms with Crippen molar-refractivity contribution >= 4 is 22.6 Å². The van der Waals surface area contributed by atoms with Crippen molar-refractivity contribution in [3.05, 3.63) is 48.0 Å². The maximum absolute atomic E-state index is 12.9. The Morgan fingerprint density at radius 2 is 1.84 bits per heavy atom. The van der Waals surface area contributed by atoms with Crippen molar-refractivity contribution in [3.63, 3.8) is 0 Å². The predicted molar refractivity (Wildman–Crippen MR) is 96.3 cm³/mol. The molecule has 1 aliphatic carbocycles. The summed E-state index contributed by atoms with van der Waals surface area (Å²) in [6.45, 7) is 3.07. The Morgan fingerprint density at radius 1 is 1.08 bits per heavy atom. The number of benzene rings is 2. The van der Waals surface area contributed by atoms with Gasteiger partial charge in [-0.05, 0) is 41.0 Å². The van der Waals surface area contributed by atoms with Crippen molar-refractivity contribution < 1.29 is 14.7 Å². The second-order valence-corrected chi connectivity index (χ2v) is 7.51. The first kappa shape index (κ1) is 16.1. The fraction of sp³-hybridized carbons (Fsp3) is 0.429. The second kappa shape index (κ2) is 6.17. The van der Waals surface area contributed by atoms with Crippen molar-refractivity contribution in [2.24, 2.45) is 17.8 Å². The van der Waals surface area contributed by atoms with Gasteiger partial charge in [0, 0.05) is 19.0 Å². The SMILES string of the molecule is CC1CN(C(=O)C2CC2c2cccc3ccccc23)CCC1C(=O)O. The average molecular weight is 337 g/mol. The van der Waals surface area contributed by atoms with Crippen LogP contribution in [0.15, 0.2) is 42.5 Å². The van der Waals surface area contributed by atoms with Gasteiger partial charge >= 0.3 is 5.97 Å². The van der Waals surface area contributed by atoms with E-state index in [1.807, 2.05) is 24.0 Å². The van der Waals surface area contributed by atoms with Crippen LogP contribution in [0.4, 0.5) is 0 Å². The molecule has 0 spiro atoms. The fourth-order valence-corrected chi connectivity index (χ4v) is 4.33. The van der Waals surface area contributed by atoms with Crippen molar-refractivity contribution in [2.75, 3.05) is 13.1 Å². The number of amides is 1. The van der Waals surface area contributed by atoms with Gasteiger partial charge in [-0.15, -0.1) is 0 Å². The van der Waals surface area contributed by atoms with Crippen LogP contribution in [-0.2, 0) is 9.59 Å². The smallest absolute Gasteiger partial charge is 0.306 e. The van der Waals surface area contributed by atoms with Gasteiger partial charge in [-0.25, -0.2) is 0 Å². The summed E-state index contributed by atoms with van der Waals surface area (Å²) >= 11 is 0. The van der Waals surface area contributed by atoms with Crippen LogP contribution in [0.25, 0.3) is 10.8 Å². The number of carbonyl (C=O) groups excluding carboxylic acids is 1. The van der Waals surface area contributed by atoms with E-state index < -0.39 is 5.97 Å². The van der Waals surface area contributed by atoms with Gasteiger partial charge in [0.15, 0.2) is 0 Å². The summed E-state index contributed by atoms with van der Waals surface area (Å²) in [5, 5.41) is 11.7. The number of likely N-dealkylation sites (tertiary alicyclic amines) is 1. The molecule has 4 rings (SSSR count). The molecule has 4 nitrogen and oxygen atoms in total. The molecule has 2 aromatic carbocycles. The zero-order chi connectivity index (χ0) is 17.6. The van der Waals surface area contributed by atoms with E-state index in [0.717, 1.165) is 6.42 Å². The van der Waals surface area contributed by atoms with E-state index in [9.17, 15) is 14.7 Å². The van der Waals surface area contributed by atoms with Crippen molar-refractivity contribution in [1.29, 1.82) is 0 Å². The van der Waals surface area contributed by atoms with Gasteiger partial charge < -0.3 is 10.0 Å². The Kier molecular flexibility index (Phi) is 3.98. The first-order valence-electron chi connectivity index (χ1n) is 9.05. The summed E-state index contributed by atoms with van der Waals surface area (Å²) in [6, 6.07) is 14.6. The number of carbonyl (C=O) groups is 2. The molecule has 1 aliphatic heterocycles. The zero-order valence-corrected chi connectivity index (χ0v) is 14.4. The van der Waals surface area contributed by atoms with Crippen LogP contribution in [0.2, 0.25) is 0 Å². The fourth-order valence-electron chi connectivity index (χ4n) is 4.33. The van der Waals surface area contributed by atoms with Gasteiger partial charge in [-0.1, -0.05) is 49.4 Å². The molecule has 1 N–H and O–H groups in total. The third kappa shape index (κ3) is 2.90. The highest BCUT2D eigenvalue weighted by atomic mass is 16.4. The van der Waals surface area contributed by atoms with Crippen molar-refractivity contribution in [2.45, 2.75) is 25.7 Å². The van der Waals surface area contributed by atoms with Crippen LogP contribution >= 0.6 is 0 Å². The molecule has 2 aromatic rings. The Balaban J connectivity index is 1.48. The molecule has 1 saturated carbocycles. The molecule has 130 valence electrons. The molecule has 4 heteroatoms. The maximum Gasteiger partial charge on any atom is 0.306 e. The highest BCUT2D eigenvalue weighted by Gasteiger charge is 2.47. The Hall–Kier alpha value is -2.36. The first-order valence-corrected chi connectivity index (χ1v) is 9.05. The second-order valence-electron chi connectivity index (χ2n) is 7.51. The predicted octanol–water partition coefficient (Wildman–Crippen LogP) is 3.51. The zero-order valence-electron chi connectivity index (χ0n) is 14.4. The maximum atomic E-state index is 12.9. The molecular formula is C21H23NO3. The molecule has 1 amide bonds. The molecular weight excluding hydrogens is 314 g/mol. The summed E-state index contributed by atoms with van der Waals surface area (Å²) in [7, 11) is 0. The van der Waals surface area contributed by atoms with Crippen LogP contribution in [0, 0.1) is 17.8 Å². The van der Waals surface area contributed by atoms with Gasteiger partial charge in [-0.3, -0.25) is 9.59 Å². The topological polar surface area (TPSA) is 57.6 Å². The van der Waals surface area contributed by atoms with E-state index in [0.29, 0.717) is 25.4 Å². The Morgan fingerprint density at radius 3 is 2.60 bits per heavy atom. The summed E-state index contributed by atoms with van der Waals surface area (Å²) in [4.78, 5) is 26.0. The minimum atomic E-state index is -0.736. The minimum Gasteiger partial charge on any atom is -0.481 e. The number of aliphatic carboxylic acids is 1. The van der Waals surface area contributed by atoms with Gasteiger partial charge in [0.1, 0.15) is 0 Å². The molecule has 4 unspecified atom stereocenters. The molecule has 0 aromatic heterocycles. The van der Waals surface area contributed by atoms with E-state index >= 15 is 0 Å². The highest BCUT2D eigenvalue weighted by Crippen LogP contribution is 2.50. The third-order valence-corrected chi connectivity index (χ3v) is 5.86. The minimum absolute atomic E-state index is 0.0185. The molecule has 1 saturated heterocycles. The first-order chi connectivity index (χ1) is 12.1. The number of carboxylic acid groups (broad SMARTS) is 1. The number of nitrogens with zero attached hydrogens (tertiary/aromatic N) is 1. The quantitative estimate of drug-likeness (QED) is 0.932. The summed E-state index contributed by atoms with van der Waals surface area (Å²) in [5.74, 6) is -0.485. The van der Waals surface area contributed by atoms with Crippen molar-refractivity contribution in [1.82, 2.24) is 4.90 Å².